The molecule has 0 fully saturated rings. The Kier molecular flexibility index (Phi) is 3.27. The molecule has 1 unspecified atom stereocenters. The molecule has 0 aliphatic rings. The van der Waals surface area contributed by atoms with E-state index in [4.69, 9.17) is 4.74 Å². The molecular weight excluding hydrogens is 192 g/mol. The molecule has 0 saturated heterocycles. The van der Waals surface area contributed by atoms with Crippen molar-refractivity contribution in [3.05, 3.63) is 23.8 Å². The molecule has 4 nitrogen and oxygen atoms in total. The number of hydrogen-bond donors (Lipinski definition) is 1. The summed E-state index contributed by atoms with van der Waals surface area (Å²) >= 11 is -2.14. The number of benzene rings is 1. The minimum absolute atomic E-state index is 0.0505. The van der Waals surface area contributed by atoms with Crippen molar-refractivity contribution in [2.24, 2.45) is 0 Å². The first kappa shape index (κ1) is 10.0. The van der Waals surface area contributed by atoms with Gasteiger partial charge in [0.15, 0.2) is 11.5 Å². The quantitative estimate of drug-likeness (QED) is 0.734. The zero-order valence-electron chi connectivity index (χ0n) is 7.02. The van der Waals surface area contributed by atoms with Crippen LogP contribution in [0.1, 0.15) is 5.56 Å². The van der Waals surface area contributed by atoms with E-state index in [1.807, 2.05) is 0 Å². The van der Waals surface area contributed by atoms with E-state index in [1.165, 1.54) is 19.2 Å². The van der Waals surface area contributed by atoms with Gasteiger partial charge < -0.3 is 14.4 Å². The highest BCUT2D eigenvalue weighted by atomic mass is 32.2. The summed E-state index contributed by atoms with van der Waals surface area (Å²) in [6.07, 6.45) is 0. The minimum Gasteiger partial charge on any atom is -0.772 e. The van der Waals surface area contributed by atoms with E-state index in [0.29, 0.717) is 11.3 Å². The fourth-order valence-corrected chi connectivity index (χ4v) is 1.41. The van der Waals surface area contributed by atoms with E-state index < -0.39 is 11.1 Å². The monoisotopic (exact) mass is 201 g/mol. The van der Waals surface area contributed by atoms with Crippen LogP contribution in [0.15, 0.2) is 18.2 Å². The van der Waals surface area contributed by atoms with Gasteiger partial charge in [0.25, 0.3) is 0 Å². The predicted octanol–water partition coefficient (Wildman–Crippen LogP) is 0.780. The largest absolute Gasteiger partial charge is 0.772 e. The Bertz CT molecular complexity index is 324. The molecule has 0 spiro atoms. The van der Waals surface area contributed by atoms with Crippen molar-refractivity contribution in [3.63, 3.8) is 0 Å². The summed E-state index contributed by atoms with van der Waals surface area (Å²) in [5, 5.41) is 9.28. The van der Waals surface area contributed by atoms with E-state index in [2.05, 4.69) is 0 Å². The number of rotatable bonds is 3. The molecular formula is C8H9O4S-. The van der Waals surface area contributed by atoms with Crippen LogP contribution in [0, 0.1) is 0 Å². The third kappa shape index (κ3) is 2.71. The average molecular weight is 201 g/mol. The van der Waals surface area contributed by atoms with Crippen LogP contribution in [0.2, 0.25) is 0 Å². The van der Waals surface area contributed by atoms with Crippen LogP contribution in [-0.2, 0) is 16.8 Å². The van der Waals surface area contributed by atoms with Crippen molar-refractivity contribution in [2.75, 3.05) is 7.11 Å². The third-order valence-electron chi connectivity index (χ3n) is 1.53. The summed E-state index contributed by atoms with van der Waals surface area (Å²) in [6.45, 7) is 0. The van der Waals surface area contributed by atoms with Crippen LogP contribution < -0.4 is 4.74 Å². The Morgan fingerprint density at radius 1 is 1.62 bits per heavy atom. The Morgan fingerprint density at radius 3 is 2.77 bits per heavy atom. The number of phenols is 1. The topological polar surface area (TPSA) is 69.6 Å². The molecule has 0 heterocycles. The normalized spacial score (nSPS) is 12.5. The molecule has 13 heavy (non-hydrogen) atoms. The molecule has 1 atom stereocenters. The second-order valence-corrected chi connectivity index (χ2v) is 3.35. The molecule has 1 aromatic rings. The molecule has 1 rings (SSSR count). The zero-order chi connectivity index (χ0) is 9.84. The van der Waals surface area contributed by atoms with Gasteiger partial charge in [0.1, 0.15) is 0 Å². The highest BCUT2D eigenvalue weighted by molar-refractivity contribution is 7.78. The number of phenolic OH excluding ortho intramolecular Hbond substituents is 1. The first-order valence-corrected chi connectivity index (χ1v) is 4.79. The van der Waals surface area contributed by atoms with E-state index >= 15 is 0 Å². The highest BCUT2D eigenvalue weighted by Crippen LogP contribution is 2.26. The number of methoxy groups -OCH3 is 1. The second kappa shape index (κ2) is 4.25. The molecule has 5 heteroatoms. The maximum atomic E-state index is 10.3. The molecule has 1 aromatic carbocycles. The fourth-order valence-electron chi connectivity index (χ4n) is 0.961. The Balaban J connectivity index is 2.89. The summed E-state index contributed by atoms with van der Waals surface area (Å²) < 4.78 is 25.4. The van der Waals surface area contributed by atoms with Gasteiger partial charge in [0.2, 0.25) is 0 Å². The van der Waals surface area contributed by atoms with Crippen LogP contribution in [-0.4, -0.2) is 21.0 Å². The molecule has 0 radical (unpaired) electrons. The Morgan fingerprint density at radius 2 is 2.31 bits per heavy atom. The highest BCUT2D eigenvalue weighted by Gasteiger charge is 2.01. The van der Waals surface area contributed by atoms with Crippen LogP contribution in [0.4, 0.5) is 0 Å². The van der Waals surface area contributed by atoms with Gasteiger partial charge in [-0.05, 0) is 17.7 Å². The first-order chi connectivity index (χ1) is 6.13. The van der Waals surface area contributed by atoms with Gasteiger partial charge in [-0.25, -0.2) is 0 Å². The lowest BCUT2D eigenvalue weighted by Gasteiger charge is -2.07. The summed E-state index contributed by atoms with van der Waals surface area (Å²) in [5.74, 6) is 0.184. The van der Waals surface area contributed by atoms with E-state index in [0.717, 1.165) is 0 Å². The van der Waals surface area contributed by atoms with Crippen molar-refractivity contribution < 1.29 is 18.6 Å². The molecule has 0 aromatic heterocycles. The van der Waals surface area contributed by atoms with E-state index in [9.17, 15) is 13.9 Å². The maximum Gasteiger partial charge on any atom is 0.160 e. The van der Waals surface area contributed by atoms with Crippen LogP contribution in [0.5, 0.6) is 11.5 Å². The number of ether oxygens (including phenoxy) is 1. The van der Waals surface area contributed by atoms with Gasteiger partial charge in [-0.15, -0.1) is 0 Å². The molecule has 0 bridgehead atoms. The maximum absolute atomic E-state index is 10.3. The number of hydrogen-bond acceptors (Lipinski definition) is 4. The fraction of sp³-hybridized carbons (Fsp3) is 0.250. The SMILES string of the molecule is COc1ccc(CS(=O)[O-])cc1O. The lowest BCUT2D eigenvalue weighted by atomic mass is 10.2. The van der Waals surface area contributed by atoms with Crippen molar-refractivity contribution in [3.8, 4) is 11.5 Å². The van der Waals surface area contributed by atoms with Crippen molar-refractivity contribution >= 4 is 11.1 Å². The van der Waals surface area contributed by atoms with Gasteiger partial charge in [0, 0.05) is 5.75 Å². The second-order valence-electron chi connectivity index (χ2n) is 2.45. The van der Waals surface area contributed by atoms with Crippen LogP contribution >= 0.6 is 0 Å². The van der Waals surface area contributed by atoms with Crippen molar-refractivity contribution in [1.29, 1.82) is 0 Å². The zero-order valence-corrected chi connectivity index (χ0v) is 7.84. The number of aromatic hydroxyl groups is 1. The summed E-state index contributed by atoms with van der Waals surface area (Å²) in [7, 11) is 1.43. The smallest absolute Gasteiger partial charge is 0.160 e. The summed E-state index contributed by atoms with van der Waals surface area (Å²) in [5.41, 5.74) is 0.534. The lowest BCUT2D eigenvalue weighted by Crippen LogP contribution is -1.93. The Hall–Kier alpha value is -1.07. The van der Waals surface area contributed by atoms with Gasteiger partial charge in [-0.1, -0.05) is 17.1 Å². The van der Waals surface area contributed by atoms with Crippen LogP contribution in [0.25, 0.3) is 0 Å². The van der Waals surface area contributed by atoms with Gasteiger partial charge in [0.05, 0.1) is 7.11 Å². The lowest BCUT2D eigenvalue weighted by molar-refractivity contribution is 0.373. The van der Waals surface area contributed by atoms with Crippen molar-refractivity contribution in [2.45, 2.75) is 5.75 Å². The standard InChI is InChI=1S/C8H10O4S/c1-12-8-3-2-6(4-7(8)9)5-13(10)11/h2-4,9H,5H2,1H3,(H,10,11)/p-1. The van der Waals surface area contributed by atoms with Crippen molar-refractivity contribution in [1.82, 2.24) is 0 Å². The third-order valence-corrected chi connectivity index (χ3v) is 2.10. The Labute approximate surface area is 78.4 Å². The summed E-state index contributed by atoms with van der Waals surface area (Å²) in [4.78, 5) is 0. The predicted molar refractivity (Wildman–Crippen MR) is 47.3 cm³/mol. The summed E-state index contributed by atoms with van der Waals surface area (Å²) in [6, 6.07) is 4.49. The van der Waals surface area contributed by atoms with Gasteiger partial charge >= 0.3 is 0 Å². The molecule has 0 aliphatic heterocycles. The van der Waals surface area contributed by atoms with Gasteiger partial charge in [-0.2, -0.15) is 0 Å². The van der Waals surface area contributed by atoms with E-state index in [-0.39, 0.29) is 11.5 Å². The average Bonchev–Trinajstić information content (AvgIpc) is 2.03. The van der Waals surface area contributed by atoms with E-state index in [1.54, 1.807) is 6.07 Å². The molecule has 0 saturated carbocycles. The molecule has 72 valence electrons. The molecule has 0 amide bonds. The first-order valence-electron chi connectivity index (χ1n) is 3.55. The van der Waals surface area contributed by atoms with Gasteiger partial charge in [-0.3, -0.25) is 4.21 Å². The molecule has 0 aliphatic carbocycles. The molecule has 1 N–H and O–H groups in total. The minimum atomic E-state index is -2.14. The van der Waals surface area contributed by atoms with Crippen LogP contribution in [0.3, 0.4) is 0 Å².